The first-order valence-corrected chi connectivity index (χ1v) is 7.93. The summed E-state index contributed by atoms with van der Waals surface area (Å²) in [5.41, 5.74) is 4.08. The lowest BCUT2D eigenvalue weighted by Crippen LogP contribution is -2.53. The molecule has 0 saturated carbocycles. The monoisotopic (exact) mass is 339 g/mol. The standard InChI is InChI=1S/C15H22BrN3O/c1-11-5-3-6-12(2)19(11)17-10-15(20)18-14-8-4-7-13(16)9-14/h4,7-9,11-12,17H,3,5-6,10H2,1-2H3,(H,18,20). The second kappa shape index (κ2) is 7.20. The molecule has 4 nitrogen and oxygen atoms in total. The van der Waals surface area contributed by atoms with Gasteiger partial charge >= 0.3 is 0 Å². The average molecular weight is 340 g/mol. The quantitative estimate of drug-likeness (QED) is 0.885. The van der Waals surface area contributed by atoms with Crippen LogP contribution in [0.2, 0.25) is 0 Å². The van der Waals surface area contributed by atoms with E-state index in [-0.39, 0.29) is 5.91 Å². The molecule has 0 aromatic heterocycles. The van der Waals surface area contributed by atoms with Crippen molar-refractivity contribution in [3.63, 3.8) is 0 Å². The van der Waals surface area contributed by atoms with Crippen LogP contribution in [-0.2, 0) is 4.79 Å². The first-order chi connectivity index (χ1) is 9.56. The van der Waals surface area contributed by atoms with Gasteiger partial charge in [-0.3, -0.25) is 4.79 Å². The fourth-order valence-electron chi connectivity index (χ4n) is 2.67. The summed E-state index contributed by atoms with van der Waals surface area (Å²) in [5, 5.41) is 5.11. The first kappa shape index (κ1) is 15.5. The molecule has 2 rings (SSSR count). The van der Waals surface area contributed by atoms with Crippen LogP contribution in [0.25, 0.3) is 0 Å². The summed E-state index contributed by atoms with van der Waals surface area (Å²) >= 11 is 3.39. The van der Waals surface area contributed by atoms with Crippen LogP contribution in [-0.4, -0.2) is 29.5 Å². The van der Waals surface area contributed by atoms with Crippen molar-refractivity contribution < 1.29 is 4.79 Å². The number of benzene rings is 1. The number of carbonyl (C=O) groups excluding carboxylic acids is 1. The maximum Gasteiger partial charge on any atom is 0.239 e. The highest BCUT2D eigenvalue weighted by Gasteiger charge is 2.24. The van der Waals surface area contributed by atoms with Crippen LogP contribution in [0.3, 0.4) is 0 Å². The molecule has 1 fully saturated rings. The molecule has 1 amide bonds. The van der Waals surface area contributed by atoms with E-state index in [2.05, 4.69) is 45.5 Å². The number of nitrogens with zero attached hydrogens (tertiary/aromatic N) is 1. The second-order valence-corrected chi connectivity index (χ2v) is 6.35. The minimum Gasteiger partial charge on any atom is -0.325 e. The van der Waals surface area contributed by atoms with Gasteiger partial charge in [-0.25, -0.2) is 10.4 Å². The van der Waals surface area contributed by atoms with Crippen molar-refractivity contribution in [2.24, 2.45) is 0 Å². The third kappa shape index (κ3) is 4.30. The number of hydrazine groups is 1. The van der Waals surface area contributed by atoms with E-state index in [0.29, 0.717) is 18.6 Å². The van der Waals surface area contributed by atoms with E-state index in [1.807, 2.05) is 24.3 Å². The fraction of sp³-hybridized carbons (Fsp3) is 0.533. The van der Waals surface area contributed by atoms with Crippen molar-refractivity contribution in [3.8, 4) is 0 Å². The Labute approximate surface area is 129 Å². The maximum atomic E-state index is 12.0. The zero-order valence-corrected chi connectivity index (χ0v) is 13.6. The average Bonchev–Trinajstić information content (AvgIpc) is 2.38. The van der Waals surface area contributed by atoms with Crippen LogP contribution >= 0.6 is 15.9 Å². The predicted octanol–water partition coefficient (Wildman–Crippen LogP) is 3.16. The predicted molar refractivity (Wildman–Crippen MR) is 85.4 cm³/mol. The number of carbonyl (C=O) groups is 1. The van der Waals surface area contributed by atoms with E-state index in [9.17, 15) is 4.79 Å². The molecule has 2 unspecified atom stereocenters. The van der Waals surface area contributed by atoms with E-state index in [1.165, 1.54) is 19.3 Å². The number of amides is 1. The highest BCUT2D eigenvalue weighted by Crippen LogP contribution is 2.20. The van der Waals surface area contributed by atoms with E-state index < -0.39 is 0 Å². The summed E-state index contributed by atoms with van der Waals surface area (Å²) in [7, 11) is 0. The van der Waals surface area contributed by atoms with Gasteiger partial charge in [0.15, 0.2) is 0 Å². The molecule has 2 atom stereocenters. The van der Waals surface area contributed by atoms with Gasteiger partial charge in [-0.05, 0) is 44.9 Å². The van der Waals surface area contributed by atoms with Gasteiger partial charge in [-0.2, -0.15) is 0 Å². The fourth-order valence-corrected chi connectivity index (χ4v) is 3.07. The Morgan fingerprint density at radius 2 is 2.05 bits per heavy atom. The number of rotatable bonds is 4. The van der Waals surface area contributed by atoms with Crippen LogP contribution in [0.15, 0.2) is 28.7 Å². The number of nitrogens with one attached hydrogen (secondary N) is 2. The third-order valence-corrected chi connectivity index (χ3v) is 4.22. The Hall–Kier alpha value is -0.910. The summed E-state index contributed by atoms with van der Waals surface area (Å²) in [6.45, 7) is 4.71. The molecule has 5 heteroatoms. The first-order valence-electron chi connectivity index (χ1n) is 7.13. The van der Waals surface area contributed by atoms with Crippen LogP contribution in [0.5, 0.6) is 0 Å². The Morgan fingerprint density at radius 3 is 2.70 bits per heavy atom. The van der Waals surface area contributed by atoms with Gasteiger partial charge in [0.1, 0.15) is 0 Å². The summed E-state index contributed by atoms with van der Waals surface area (Å²) in [4.78, 5) is 12.0. The number of halogens is 1. The largest absolute Gasteiger partial charge is 0.325 e. The van der Waals surface area contributed by atoms with Crippen LogP contribution in [0.4, 0.5) is 5.69 Å². The van der Waals surface area contributed by atoms with Crippen molar-refractivity contribution in [2.45, 2.75) is 45.2 Å². The molecule has 1 aliphatic rings. The third-order valence-electron chi connectivity index (χ3n) is 3.72. The smallest absolute Gasteiger partial charge is 0.239 e. The molecular formula is C15H22BrN3O. The lowest BCUT2D eigenvalue weighted by atomic mass is 10.00. The number of piperidine rings is 1. The molecule has 1 saturated heterocycles. The van der Waals surface area contributed by atoms with Crippen LogP contribution < -0.4 is 10.7 Å². The Bertz CT molecular complexity index is 456. The molecule has 110 valence electrons. The zero-order valence-electron chi connectivity index (χ0n) is 12.0. The van der Waals surface area contributed by atoms with Crippen molar-refractivity contribution in [1.29, 1.82) is 0 Å². The van der Waals surface area contributed by atoms with Crippen molar-refractivity contribution in [1.82, 2.24) is 10.4 Å². The normalized spacial score (nSPS) is 23.6. The Kier molecular flexibility index (Phi) is 5.57. The Morgan fingerprint density at radius 1 is 1.35 bits per heavy atom. The SMILES string of the molecule is CC1CCCC(C)N1NCC(=O)Nc1cccc(Br)c1. The highest BCUT2D eigenvalue weighted by atomic mass is 79.9. The van der Waals surface area contributed by atoms with Crippen molar-refractivity contribution in [3.05, 3.63) is 28.7 Å². The Balaban J connectivity index is 1.83. The summed E-state index contributed by atoms with van der Waals surface area (Å²) in [6, 6.07) is 8.58. The molecule has 1 aromatic rings. The van der Waals surface area contributed by atoms with Gasteiger partial charge in [0.2, 0.25) is 5.91 Å². The van der Waals surface area contributed by atoms with Gasteiger partial charge < -0.3 is 5.32 Å². The van der Waals surface area contributed by atoms with E-state index in [4.69, 9.17) is 0 Å². The van der Waals surface area contributed by atoms with Gasteiger partial charge in [0.25, 0.3) is 0 Å². The highest BCUT2D eigenvalue weighted by molar-refractivity contribution is 9.10. The lowest BCUT2D eigenvalue weighted by molar-refractivity contribution is -0.117. The van der Waals surface area contributed by atoms with Gasteiger partial charge in [-0.15, -0.1) is 0 Å². The maximum absolute atomic E-state index is 12.0. The summed E-state index contributed by atoms with van der Waals surface area (Å²) in [5.74, 6) is -0.0203. The number of hydrogen-bond donors (Lipinski definition) is 2. The number of anilines is 1. The molecule has 0 radical (unpaired) electrons. The molecule has 0 bridgehead atoms. The lowest BCUT2D eigenvalue weighted by Gasteiger charge is -2.38. The molecule has 0 aliphatic carbocycles. The van der Waals surface area contributed by atoms with Gasteiger partial charge in [-0.1, -0.05) is 28.4 Å². The molecule has 1 heterocycles. The van der Waals surface area contributed by atoms with Gasteiger partial charge in [0, 0.05) is 22.2 Å². The van der Waals surface area contributed by atoms with Crippen molar-refractivity contribution >= 4 is 27.5 Å². The van der Waals surface area contributed by atoms with Gasteiger partial charge in [0.05, 0.1) is 6.54 Å². The molecular weight excluding hydrogens is 318 g/mol. The van der Waals surface area contributed by atoms with Crippen LogP contribution in [0.1, 0.15) is 33.1 Å². The van der Waals surface area contributed by atoms with Crippen molar-refractivity contribution in [2.75, 3.05) is 11.9 Å². The summed E-state index contributed by atoms with van der Waals surface area (Å²) in [6.07, 6.45) is 3.64. The molecule has 2 N–H and O–H groups in total. The van der Waals surface area contributed by atoms with Crippen LogP contribution in [0, 0.1) is 0 Å². The topological polar surface area (TPSA) is 44.4 Å². The minimum atomic E-state index is -0.0203. The van der Waals surface area contributed by atoms with E-state index in [1.54, 1.807) is 0 Å². The molecule has 1 aliphatic heterocycles. The second-order valence-electron chi connectivity index (χ2n) is 5.43. The molecule has 1 aromatic carbocycles. The molecule has 0 spiro atoms. The van der Waals surface area contributed by atoms with E-state index in [0.717, 1.165) is 10.2 Å². The summed E-state index contributed by atoms with van der Waals surface area (Å²) < 4.78 is 0.960. The minimum absolute atomic E-state index is 0.0203. The zero-order chi connectivity index (χ0) is 14.5. The molecule has 20 heavy (non-hydrogen) atoms. The number of hydrogen-bond acceptors (Lipinski definition) is 3. The van der Waals surface area contributed by atoms with E-state index >= 15 is 0 Å².